The van der Waals surface area contributed by atoms with Crippen molar-refractivity contribution in [2.75, 3.05) is 0 Å². The van der Waals surface area contributed by atoms with E-state index in [9.17, 15) is 15.0 Å². The van der Waals surface area contributed by atoms with E-state index in [0.717, 1.165) is 0 Å². The lowest BCUT2D eigenvalue weighted by Crippen LogP contribution is -2.64. The van der Waals surface area contributed by atoms with Crippen molar-refractivity contribution >= 4 is 5.91 Å². The Morgan fingerprint density at radius 2 is 2.15 bits per heavy atom. The van der Waals surface area contributed by atoms with Crippen molar-refractivity contribution in [3.63, 3.8) is 0 Å². The number of ether oxygens (including phenoxy) is 1. The monoisotopic (exact) mass is 191 g/mol. The smallest absolute Gasteiger partial charge is 0.254 e. The maximum atomic E-state index is 10.9. The second-order valence-corrected chi connectivity index (χ2v) is 3.17. The highest BCUT2D eigenvalue weighted by atomic mass is 16.6. The van der Waals surface area contributed by atoms with Crippen molar-refractivity contribution in [2.24, 2.45) is 5.73 Å². The zero-order chi connectivity index (χ0) is 10.2. The largest absolute Gasteiger partial charge is 0.389 e. The van der Waals surface area contributed by atoms with Crippen LogP contribution < -0.4 is 5.73 Å². The molecule has 0 aliphatic carbocycles. The van der Waals surface area contributed by atoms with E-state index >= 15 is 0 Å². The van der Waals surface area contributed by atoms with E-state index in [2.05, 4.69) is 0 Å². The Hall–Kier alpha value is -0.690. The summed E-state index contributed by atoms with van der Waals surface area (Å²) in [7, 11) is 0. The first-order valence-electron chi connectivity index (χ1n) is 3.93. The van der Waals surface area contributed by atoms with Gasteiger partial charge in [-0.2, -0.15) is 0 Å². The fourth-order valence-electron chi connectivity index (χ4n) is 1.40. The number of amides is 1. The van der Waals surface area contributed by atoms with Crippen molar-refractivity contribution in [1.82, 2.24) is 0 Å². The van der Waals surface area contributed by atoms with Gasteiger partial charge in [-0.3, -0.25) is 4.79 Å². The second-order valence-electron chi connectivity index (χ2n) is 3.17. The maximum absolute atomic E-state index is 10.9. The van der Waals surface area contributed by atoms with E-state index in [-0.39, 0.29) is 6.42 Å². The van der Waals surface area contributed by atoms with Gasteiger partial charge in [-0.25, -0.2) is 0 Å². The molecule has 0 aromatic rings. The third-order valence-electron chi connectivity index (χ3n) is 2.31. The topological polar surface area (TPSA) is 113 Å². The number of carbonyl (C=O) groups is 1. The zero-order valence-electron chi connectivity index (χ0n) is 7.17. The highest BCUT2D eigenvalue weighted by Crippen LogP contribution is 2.28. The van der Waals surface area contributed by atoms with E-state index < -0.39 is 30.0 Å². The number of carbonyl (C=O) groups excluding carboxylic acids is 1. The normalized spacial score (nSPS) is 46.0. The van der Waals surface area contributed by atoms with Gasteiger partial charge in [0.15, 0.2) is 11.9 Å². The molecule has 0 saturated carbocycles. The van der Waals surface area contributed by atoms with Crippen LogP contribution in [0.15, 0.2) is 0 Å². The molecule has 0 unspecified atom stereocenters. The van der Waals surface area contributed by atoms with Crippen molar-refractivity contribution in [2.45, 2.75) is 37.4 Å². The highest BCUT2D eigenvalue weighted by molar-refractivity contribution is 5.84. The lowest BCUT2D eigenvalue weighted by atomic mass is 9.86. The van der Waals surface area contributed by atoms with E-state index in [1.807, 2.05) is 0 Å². The van der Waals surface area contributed by atoms with Crippen LogP contribution in [0, 0.1) is 0 Å². The standard InChI is InChI=1S/C7H13NO5/c1-3-7(12,6(8)11)4(9)2-5(10)13-3/h3-5,9-10,12H,2H2,1H3,(H2,8,11)/t3-,4-,5-,7-/m1/s1. The molecule has 6 nitrogen and oxygen atoms in total. The van der Waals surface area contributed by atoms with Gasteiger partial charge in [-0.15, -0.1) is 0 Å². The molecule has 0 bridgehead atoms. The molecule has 1 rings (SSSR count). The molecule has 13 heavy (non-hydrogen) atoms. The summed E-state index contributed by atoms with van der Waals surface area (Å²) in [6.07, 6.45) is -3.83. The van der Waals surface area contributed by atoms with Gasteiger partial charge in [0.2, 0.25) is 0 Å². The van der Waals surface area contributed by atoms with Gasteiger partial charge < -0.3 is 25.8 Å². The minimum absolute atomic E-state index is 0.232. The van der Waals surface area contributed by atoms with Gasteiger partial charge in [0.05, 0.1) is 12.2 Å². The first-order valence-corrected chi connectivity index (χ1v) is 3.93. The summed E-state index contributed by atoms with van der Waals surface area (Å²) in [5, 5.41) is 28.0. The molecule has 0 radical (unpaired) electrons. The second kappa shape index (κ2) is 3.22. The van der Waals surface area contributed by atoms with Crippen molar-refractivity contribution in [1.29, 1.82) is 0 Å². The molecule has 76 valence electrons. The number of primary amides is 1. The Bertz CT molecular complexity index is 207. The highest BCUT2D eigenvalue weighted by Gasteiger charge is 2.52. The number of rotatable bonds is 1. The fourth-order valence-corrected chi connectivity index (χ4v) is 1.40. The summed E-state index contributed by atoms with van der Waals surface area (Å²) in [6, 6.07) is 0. The number of nitrogens with two attached hydrogens (primary N) is 1. The number of hydrogen-bond donors (Lipinski definition) is 4. The predicted octanol–water partition coefficient (Wildman–Crippen LogP) is -2.31. The van der Waals surface area contributed by atoms with Crippen molar-refractivity contribution in [3.05, 3.63) is 0 Å². The molecule has 4 atom stereocenters. The maximum Gasteiger partial charge on any atom is 0.254 e. The Labute approximate surface area is 74.9 Å². The van der Waals surface area contributed by atoms with Crippen LogP contribution in [0.1, 0.15) is 13.3 Å². The minimum atomic E-state index is -2.11. The summed E-state index contributed by atoms with van der Waals surface area (Å²) in [5.74, 6) is -1.06. The molecule has 6 heteroatoms. The average Bonchev–Trinajstić information content (AvgIpc) is 1.99. The summed E-state index contributed by atoms with van der Waals surface area (Å²) in [4.78, 5) is 10.9. The molecule has 1 heterocycles. The summed E-state index contributed by atoms with van der Waals surface area (Å²) in [5.41, 5.74) is 2.81. The Morgan fingerprint density at radius 1 is 1.62 bits per heavy atom. The average molecular weight is 191 g/mol. The summed E-state index contributed by atoms with van der Waals surface area (Å²) >= 11 is 0. The van der Waals surface area contributed by atoms with Crippen LogP contribution in [-0.2, 0) is 9.53 Å². The summed E-state index contributed by atoms with van der Waals surface area (Å²) in [6.45, 7) is 1.36. The third-order valence-corrected chi connectivity index (χ3v) is 2.31. The minimum Gasteiger partial charge on any atom is -0.389 e. The van der Waals surface area contributed by atoms with Crippen molar-refractivity contribution < 1.29 is 24.9 Å². The molecule has 0 aromatic carbocycles. The zero-order valence-corrected chi connectivity index (χ0v) is 7.17. The molecule has 1 fully saturated rings. The van der Waals surface area contributed by atoms with Crippen LogP contribution in [0.3, 0.4) is 0 Å². The van der Waals surface area contributed by atoms with Crippen LogP contribution >= 0.6 is 0 Å². The Balaban J connectivity index is 2.89. The molecule has 5 N–H and O–H groups in total. The van der Waals surface area contributed by atoms with Crippen LogP contribution in [0.5, 0.6) is 0 Å². The van der Waals surface area contributed by atoms with Crippen molar-refractivity contribution in [3.8, 4) is 0 Å². The van der Waals surface area contributed by atoms with Gasteiger partial charge in [0.1, 0.15) is 0 Å². The predicted molar refractivity (Wildman–Crippen MR) is 41.3 cm³/mol. The van der Waals surface area contributed by atoms with Crippen LogP contribution in [0.25, 0.3) is 0 Å². The van der Waals surface area contributed by atoms with Gasteiger partial charge in [-0.1, -0.05) is 0 Å². The van der Waals surface area contributed by atoms with Gasteiger partial charge in [0, 0.05) is 6.42 Å². The molecular weight excluding hydrogens is 178 g/mol. The fraction of sp³-hybridized carbons (Fsp3) is 0.857. The number of hydrogen-bond acceptors (Lipinski definition) is 5. The lowest BCUT2D eigenvalue weighted by Gasteiger charge is -2.40. The first kappa shape index (κ1) is 10.4. The Morgan fingerprint density at radius 3 is 2.54 bits per heavy atom. The summed E-state index contributed by atoms with van der Waals surface area (Å²) < 4.78 is 4.78. The lowest BCUT2D eigenvalue weighted by molar-refractivity contribution is -0.259. The van der Waals surface area contributed by atoms with Crippen LogP contribution in [0.4, 0.5) is 0 Å². The molecule has 1 aliphatic rings. The molecule has 1 amide bonds. The van der Waals surface area contributed by atoms with Gasteiger partial charge >= 0.3 is 0 Å². The van der Waals surface area contributed by atoms with E-state index in [0.29, 0.717) is 0 Å². The first-order chi connectivity index (χ1) is 5.89. The molecule has 0 aromatic heterocycles. The number of aliphatic hydroxyl groups excluding tert-OH is 2. The van der Waals surface area contributed by atoms with E-state index in [1.54, 1.807) is 0 Å². The van der Waals surface area contributed by atoms with E-state index in [4.69, 9.17) is 15.6 Å². The number of aliphatic hydroxyl groups is 3. The van der Waals surface area contributed by atoms with Gasteiger partial charge in [0.25, 0.3) is 5.91 Å². The third kappa shape index (κ3) is 1.53. The van der Waals surface area contributed by atoms with Gasteiger partial charge in [-0.05, 0) is 6.92 Å². The molecular formula is C7H13NO5. The molecule has 0 spiro atoms. The van der Waals surface area contributed by atoms with Crippen LogP contribution in [0.2, 0.25) is 0 Å². The molecule has 1 aliphatic heterocycles. The van der Waals surface area contributed by atoms with Crippen LogP contribution in [-0.4, -0.2) is 45.3 Å². The van der Waals surface area contributed by atoms with E-state index in [1.165, 1.54) is 6.92 Å². The Kier molecular flexibility index (Phi) is 2.58. The SMILES string of the molecule is C[C@H]1O[C@@H](O)C[C@@H](O)[C@@]1(O)C(N)=O. The molecule has 1 saturated heterocycles. The quantitative estimate of drug-likeness (QED) is 0.372.